The molecule has 5 rings (SSSR count). The molecule has 3 aromatic heterocycles. The number of nitrogens with zero attached hydrogens (tertiary/aromatic N) is 4. The zero-order valence-corrected chi connectivity index (χ0v) is 18.7. The van der Waals surface area contributed by atoms with E-state index in [0.29, 0.717) is 12.3 Å². The van der Waals surface area contributed by atoms with Gasteiger partial charge in [0, 0.05) is 17.2 Å². The topological polar surface area (TPSA) is 52.2 Å². The highest BCUT2D eigenvalue weighted by atomic mass is 32.2. The monoisotopic (exact) mass is 436 g/mol. The maximum atomic E-state index is 13.6. The molecule has 1 aliphatic carbocycles. The lowest BCUT2D eigenvalue weighted by Crippen LogP contribution is -2.24. The molecule has 0 N–H and O–H groups in total. The second-order valence-electron chi connectivity index (χ2n) is 7.95. The van der Waals surface area contributed by atoms with Gasteiger partial charge in [-0.15, -0.1) is 21.5 Å². The Labute approximate surface area is 183 Å². The van der Waals surface area contributed by atoms with Crippen molar-refractivity contribution in [1.82, 2.24) is 19.2 Å². The number of rotatable bonds is 6. The first-order valence-corrected chi connectivity index (χ1v) is 12.2. The summed E-state index contributed by atoms with van der Waals surface area (Å²) >= 11 is 3.39. The molecule has 0 aliphatic heterocycles. The molecule has 0 radical (unpaired) electrons. The van der Waals surface area contributed by atoms with Crippen LogP contribution in [0.5, 0.6) is 0 Å². The van der Waals surface area contributed by atoms with Gasteiger partial charge in [-0.1, -0.05) is 54.2 Å². The van der Waals surface area contributed by atoms with Crippen molar-refractivity contribution in [2.75, 3.05) is 5.75 Å². The molecule has 0 fully saturated rings. The second-order valence-corrected chi connectivity index (χ2v) is 9.97. The summed E-state index contributed by atoms with van der Waals surface area (Å²) < 4.78 is 3.94. The molecule has 4 aromatic rings. The zero-order valence-electron chi connectivity index (χ0n) is 17.1. The minimum atomic E-state index is 0.0803. The van der Waals surface area contributed by atoms with Crippen molar-refractivity contribution in [3.8, 4) is 0 Å². The van der Waals surface area contributed by atoms with E-state index in [4.69, 9.17) is 0 Å². The smallest absolute Gasteiger partial charge is 0.263 e. The summed E-state index contributed by atoms with van der Waals surface area (Å²) in [4.78, 5) is 16.0. The van der Waals surface area contributed by atoms with Crippen molar-refractivity contribution >= 4 is 39.1 Å². The Bertz CT molecular complexity index is 1300. The van der Waals surface area contributed by atoms with E-state index in [9.17, 15) is 4.79 Å². The van der Waals surface area contributed by atoms with Gasteiger partial charge in [0.15, 0.2) is 5.16 Å². The standard InChI is InChI=1S/C23H24N4OS2/c1-15(2)14-29-23-25-24-22-26(13-12-16-8-4-3-5-9-16)20(28)19-17-10-6-7-11-18(17)30-21(19)27(22)23/h3-5,8-9H,1,6-7,10-14H2,2H3. The number of hydrogen-bond donors (Lipinski definition) is 0. The fourth-order valence-electron chi connectivity index (χ4n) is 4.14. The normalized spacial score (nSPS) is 13.8. The minimum Gasteiger partial charge on any atom is -0.276 e. The highest BCUT2D eigenvalue weighted by Crippen LogP contribution is 2.36. The van der Waals surface area contributed by atoms with Gasteiger partial charge >= 0.3 is 0 Å². The van der Waals surface area contributed by atoms with Gasteiger partial charge in [-0.05, 0) is 50.2 Å². The molecular formula is C23H24N4OS2. The van der Waals surface area contributed by atoms with Gasteiger partial charge < -0.3 is 0 Å². The first-order chi connectivity index (χ1) is 14.6. The summed E-state index contributed by atoms with van der Waals surface area (Å²) in [5.41, 5.74) is 3.64. The van der Waals surface area contributed by atoms with Gasteiger partial charge in [-0.2, -0.15) is 0 Å². The van der Waals surface area contributed by atoms with Crippen molar-refractivity contribution in [3.05, 3.63) is 68.8 Å². The maximum Gasteiger partial charge on any atom is 0.263 e. The second kappa shape index (κ2) is 8.04. The van der Waals surface area contributed by atoms with Crippen molar-refractivity contribution < 1.29 is 0 Å². The Kier molecular flexibility index (Phi) is 5.25. The van der Waals surface area contributed by atoms with Gasteiger partial charge in [0.05, 0.1) is 5.39 Å². The lowest BCUT2D eigenvalue weighted by atomic mass is 9.97. The number of aryl methyl sites for hydroxylation is 4. The van der Waals surface area contributed by atoms with Gasteiger partial charge in [0.2, 0.25) is 5.78 Å². The van der Waals surface area contributed by atoms with E-state index >= 15 is 0 Å². The summed E-state index contributed by atoms with van der Waals surface area (Å²) in [6, 6.07) is 10.3. The van der Waals surface area contributed by atoms with Crippen LogP contribution in [0.4, 0.5) is 0 Å². The predicted octanol–water partition coefficient (Wildman–Crippen LogP) is 4.90. The fourth-order valence-corrected chi connectivity index (χ4v) is 6.35. The van der Waals surface area contributed by atoms with Gasteiger partial charge in [-0.25, -0.2) is 4.40 Å². The first-order valence-electron chi connectivity index (χ1n) is 10.4. The van der Waals surface area contributed by atoms with Crippen molar-refractivity contribution in [2.45, 2.75) is 50.7 Å². The van der Waals surface area contributed by atoms with E-state index in [2.05, 4.69) is 33.3 Å². The SMILES string of the molecule is C=C(C)CSc1nnc2n(CCc3ccccc3)c(=O)c3c4c(sc3n12)CCCC4. The number of thioether (sulfide) groups is 1. The van der Waals surface area contributed by atoms with Crippen molar-refractivity contribution in [2.24, 2.45) is 0 Å². The molecule has 0 saturated heterocycles. The zero-order chi connectivity index (χ0) is 20.7. The summed E-state index contributed by atoms with van der Waals surface area (Å²) in [6.45, 7) is 6.63. The average Bonchev–Trinajstić information content (AvgIpc) is 3.34. The molecule has 0 amide bonds. The van der Waals surface area contributed by atoms with E-state index in [1.165, 1.54) is 22.4 Å². The van der Waals surface area contributed by atoms with Crippen LogP contribution in [0.25, 0.3) is 16.0 Å². The van der Waals surface area contributed by atoms with Crippen molar-refractivity contribution in [3.63, 3.8) is 0 Å². The quantitative estimate of drug-likeness (QED) is 0.319. The van der Waals surface area contributed by atoms with Crippen LogP contribution in [0, 0.1) is 0 Å². The molecule has 0 unspecified atom stereocenters. The molecule has 7 heteroatoms. The van der Waals surface area contributed by atoms with Crippen LogP contribution in [0.3, 0.4) is 0 Å². The number of fused-ring (bicyclic) bond motifs is 5. The van der Waals surface area contributed by atoms with E-state index in [-0.39, 0.29) is 5.56 Å². The lowest BCUT2D eigenvalue weighted by molar-refractivity contribution is 0.673. The van der Waals surface area contributed by atoms with Crippen molar-refractivity contribution in [1.29, 1.82) is 0 Å². The van der Waals surface area contributed by atoms with E-state index in [0.717, 1.165) is 52.4 Å². The Hall–Kier alpha value is -2.38. The Balaban J connectivity index is 1.70. The molecule has 5 nitrogen and oxygen atoms in total. The summed E-state index contributed by atoms with van der Waals surface area (Å²) in [5.74, 6) is 1.43. The van der Waals surface area contributed by atoms with E-state index in [1.807, 2.05) is 29.7 Å². The molecular weight excluding hydrogens is 412 g/mol. The number of benzene rings is 1. The van der Waals surface area contributed by atoms with Crippen LogP contribution in [0.15, 0.2) is 52.4 Å². The first kappa shape index (κ1) is 19.6. The van der Waals surface area contributed by atoms with E-state index < -0.39 is 0 Å². The summed E-state index contributed by atoms with van der Waals surface area (Å²) in [6.07, 6.45) is 5.20. The Morgan fingerprint density at radius 3 is 2.80 bits per heavy atom. The van der Waals surface area contributed by atoms with Crippen LogP contribution in [-0.4, -0.2) is 24.9 Å². The Morgan fingerprint density at radius 1 is 1.20 bits per heavy atom. The highest BCUT2D eigenvalue weighted by molar-refractivity contribution is 7.99. The third kappa shape index (κ3) is 3.40. The third-order valence-corrected chi connectivity index (χ3v) is 8.02. The Morgan fingerprint density at radius 2 is 2.00 bits per heavy atom. The van der Waals surface area contributed by atoms with Gasteiger partial charge in [0.1, 0.15) is 4.83 Å². The summed E-state index contributed by atoms with van der Waals surface area (Å²) in [5, 5.41) is 10.6. The average molecular weight is 437 g/mol. The van der Waals surface area contributed by atoms with Gasteiger partial charge in [0.25, 0.3) is 5.56 Å². The number of hydrogen-bond acceptors (Lipinski definition) is 5. The molecule has 1 aliphatic rings. The number of thiophene rings is 1. The molecule has 0 atom stereocenters. The van der Waals surface area contributed by atoms with Crippen LogP contribution in [0.2, 0.25) is 0 Å². The fraction of sp³-hybridized carbons (Fsp3) is 0.348. The molecule has 1 aromatic carbocycles. The lowest BCUT2D eigenvalue weighted by Gasteiger charge is -2.12. The molecule has 0 bridgehead atoms. The van der Waals surface area contributed by atoms with Crippen LogP contribution in [-0.2, 0) is 25.8 Å². The molecule has 0 spiro atoms. The minimum absolute atomic E-state index is 0.0803. The number of aromatic nitrogens is 4. The third-order valence-electron chi connectivity index (χ3n) is 5.59. The largest absolute Gasteiger partial charge is 0.276 e. The van der Waals surface area contributed by atoms with Crippen LogP contribution in [0.1, 0.15) is 35.8 Å². The van der Waals surface area contributed by atoms with Crippen LogP contribution < -0.4 is 5.56 Å². The molecule has 154 valence electrons. The maximum absolute atomic E-state index is 13.6. The van der Waals surface area contributed by atoms with E-state index in [1.54, 1.807) is 23.1 Å². The summed E-state index contributed by atoms with van der Waals surface area (Å²) in [7, 11) is 0. The molecule has 0 saturated carbocycles. The predicted molar refractivity (Wildman–Crippen MR) is 125 cm³/mol. The molecule has 3 heterocycles. The molecule has 30 heavy (non-hydrogen) atoms. The van der Waals surface area contributed by atoms with Gasteiger partial charge in [-0.3, -0.25) is 9.36 Å². The highest BCUT2D eigenvalue weighted by Gasteiger charge is 2.24. The van der Waals surface area contributed by atoms with Crippen LogP contribution >= 0.6 is 23.1 Å².